The molecule has 20 heteroatoms. The Labute approximate surface area is 404 Å². The van der Waals surface area contributed by atoms with Gasteiger partial charge < -0.3 is 49.2 Å². The number of ether oxygens (including phenoxy) is 4. The number of carbonyl (C=O) groups is 4. The highest BCUT2D eigenvalue weighted by atomic mass is 16.5. The zero-order chi connectivity index (χ0) is 48.0. The number of morpholine rings is 2. The number of hydrogen-bond donors (Lipinski definition) is 2. The summed E-state index contributed by atoms with van der Waals surface area (Å²) in [7, 11) is 1.78. The second-order valence-corrected chi connectivity index (χ2v) is 18.1. The standard InChI is InChI=1S/C25H28N6O4.C20H20N6O3.C5H10O/c32-24(20-14-27-31-6-3-5-26-23(20)31)28-21-12-17-15-30(16-18-4-1-2-9-35-18)25(33)19(17)13-22(21)29-7-10-34-11-8-29;1-24-12-13-9-16(17(10-14(13)20(24)28)25-5-7-29-8-6-25)23-19(27)15-11-22-26-4-2-3-21-18(15)26;1-2-4-6-5-3-1/h3,5-6,12-14,18H,1-2,4,7-11,15-16H2,(H,28,32);2-4,9-11H,5-8,12H2,1H3,(H,23,27);1-5H2. The molecule has 6 aliphatic rings. The fourth-order valence-electron chi connectivity index (χ4n) is 9.62. The molecule has 1 atom stereocenters. The first-order valence-electron chi connectivity index (χ1n) is 24.2. The van der Waals surface area contributed by atoms with Gasteiger partial charge in [0.25, 0.3) is 23.6 Å². The van der Waals surface area contributed by atoms with Gasteiger partial charge in [0, 0.05) is 109 Å². The van der Waals surface area contributed by atoms with Gasteiger partial charge in [-0.3, -0.25) is 19.2 Å². The molecule has 0 aliphatic carbocycles. The van der Waals surface area contributed by atoms with Crippen LogP contribution in [0.25, 0.3) is 11.3 Å². The number of nitrogens with zero attached hydrogens (tertiary/aromatic N) is 10. The highest BCUT2D eigenvalue weighted by Gasteiger charge is 2.33. The van der Waals surface area contributed by atoms with Gasteiger partial charge in [-0.2, -0.15) is 10.2 Å². The number of fused-ring (bicyclic) bond motifs is 4. The van der Waals surface area contributed by atoms with Gasteiger partial charge in [0.2, 0.25) is 0 Å². The zero-order valence-corrected chi connectivity index (χ0v) is 39.4. The molecule has 20 nitrogen and oxygen atoms in total. The van der Waals surface area contributed by atoms with Crippen LogP contribution in [0.1, 0.15) is 91.1 Å². The third-order valence-corrected chi connectivity index (χ3v) is 13.3. The van der Waals surface area contributed by atoms with E-state index in [4.69, 9.17) is 18.9 Å². The van der Waals surface area contributed by atoms with Crippen molar-refractivity contribution in [3.8, 4) is 0 Å². The van der Waals surface area contributed by atoms with Crippen molar-refractivity contribution < 1.29 is 38.1 Å². The number of rotatable bonds is 8. The lowest BCUT2D eigenvalue weighted by molar-refractivity contribution is -0.00351. The second-order valence-electron chi connectivity index (χ2n) is 18.1. The summed E-state index contributed by atoms with van der Waals surface area (Å²) in [6.07, 6.45) is 17.0. The van der Waals surface area contributed by atoms with Crippen LogP contribution in [-0.2, 0) is 32.0 Å². The minimum atomic E-state index is -0.287. The summed E-state index contributed by atoms with van der Waals surface area (Å²) in [5.41, 5.74) is 7.98. The Bertz CT molecular complexity index is 2850. The molecule has 12 rings (SSSR count). The van der Waals surface area contributed by atoms with Gasteiger partial charge in [0.15, 0.2) is 11.3 Å². The molecule has 366 valence electrons. The topological polar surface area (TPSA) is 203 Å². The second kappa shape index (κ2) is 21.3. The Kier molecular flexibility index (Phi) is 14.2. The molecule has 0 spiro atoms. The molecule has 70 heavy (non-hydrogen) atoms. The van der Waals surface area contributed by atoms with Crippen molar-refractivity contribution in [1.82, 2.24) is 39.0 Å². The van der Waals surface area contributed by atoms with Crippen LogP contribution in [0, 0.1) is 0 Å². The van der Waals surface area contributed by atoms with E-state index < -0.39 is 0 Å². The maximum atomic E-state index is 13.3. The summed E-state index contributed by atoms with van der Waals surface area (Å²) < 4.78 is 25.1. The lowest BCUT2D eigenvalue weighted by Crippen LogP contribution is -2.37. The normalized spacial score (nSPS) is 19.0. The fourth-order valence-corrected chi connectivity index (χ4v) is 9.62. The minimum Gasteiger partial charge on any atom is -0.381 e. The zero-order valence-electron chi connectivity index (χ0n) is 39.4. The lowest BCUT2D eigenvalue weighted by atomic mass is 10.1. The first-order valence-corrected chi connectivity index (χ1v) is 24.2. The summed E-state index contributed by atoms with van der Waals surface area (Å²) in [6, 6.07) is 11.2. The molecular formula is C50H58N12O8. The molecule has 2 N–H and O–H groups in total. The Hall–Kier alpha value is -7.00. The fraction of sp³-hybridized carbons (Fsp3) is 0.440. The summed E-state index contributed by atoms with van der Waals surface area (Å²) in [5, 5.41) is 14.5. The molecule has 4 fully saturated rings. The maximum Gasteiger partial charge on any atom is 0.261 e. The number of hydrogen-bond acceptors (Lipinski definition) is 14. The van der Waals surface area contributed by atoms with E-state index in [-0.39, 0.29) is 29.7 Å². The van der Waals surface area contributed by atoms with Gasteiger partial charge in [0.05, 0.1) is 67.7 Å². The number of benzene rings is 2. The molecule has 10 heterocycles. The predicted octanol–water partition coefficient (Wildman–Crippen LogP) is 4.93. The molecular weight excluding hydrogens is 897 g/mol. The number of nitrogens with one attached hydrogen (secondary N) is 2. The molecule has 6 aromatic rings. The van der Waals surface area contributed by atoms with Crippen LogP contribution in [0.4, 0.5) is 22.7 Å². The van der Waals surface area contributed by atoms with Gasteiger partial charge in [0.1, 0.15) is 11.1 Å². The largest absolute Gasteiger partial charge is 0.381 e. The SMILES string of the molecule is C1CCOCC1.CN1Cc2cc(NC(=O)c3cnn4cccnc34)c(N3CCOCC3)cc2C1=O.O=C(Nc1cc2c(cc1N1CCOCC1)C(=O)N(CC1CCCCO1)C2)c1cnn2cccnc12. The van der Waals surface area contributed by atoms with Crippen LogP contribution >= 0.6 is 0 Å². The Balaban J connectivity index is 0.000000147. The van der Waals surface area contributed by atoms with Crippen LogP contribution in [0.3, 0.4) is 0 Å². The quantitative estimate of drug-likeness (QED) is 0.208. The molecule has 6 aliphatic heterocycles. The van der Waals surface area contributed by atoms with Crippen molar-refractivity contribution in [2.75, 3.05) is 106 Å². The number of amides is 4. The van der Waals surface area contributed by atoms with Crippen LogP contribution in [-0.4, -0.2) is 155 Å². The van der Waals surface area contributed by atoms with E-state index in [1.807, 2.05) is 29.2 Å². The number of carbonyl (C=O) groups excluding carboxylic acids is 4. The smallest absolute Gasteiger partial charge is 0.261 e. The van der Waals surface area contributed by atoms with E-state index in [9.17, 15) is 19.2 Å². The monoisotopic (exact) mass is 954 g/mol. The first-order chi connectivity index (χ1) is 34.3. The van der Waals surface area contributed by atoms with E-state index in [0.29, 0.717) is 117 Å². The number of anilines is 4. The van der Waals surface area contributed by atoms with Gasteiger partial charge in [-0.15, -0.1) is 0 Å². The molecule has 4 aromatic heterocycles. The van der Waals surface area contributed by atoms with Crippen LogP contribution in [0.2, 0.25) is 0 Å². The highest BCUT2D eigenvalue weighted by Crippen LogP contribution is 2.37. The Morgan fingerprint density at radius 1 is 0.629 bits per heavy atom. The van der Waals surface area contributed by atoms with Crippen molar-refractivity contribution in [3.63, 3.8) is 0 Å². The van der Waals surface area contributed by atoms with E-state index in [2.05, 4.69) is 40.6 Å². The van der Waals surface area contributed by atoms with Crippen molar-refractivity contribution in [3.05, 3.63) is 107 Å². The summed E-state index contributed by atoms with van der Waals surface area (Å²) in [5.74, 6) is -0.552. The van der Waals surface area contributed by atoms with Gasteiger partial charge in [-0.1, -0.05) is 0 Å². The highest BCUT2D eigenvalue weighted by molar-refractivity contribution is 6.11. The average Bonchev–Trinajstić information content (AvgIpc) is 4.18. The number of aromatic nitrogens is 6. The van der Waals surface area contributed by atoms with E-state index in [0.717, 1.165) is 61.6 Å². The molecule has 0 saturated carbocycles. The molecule has 4 amide bonds. The van der Waals surface area contributed by atoms with E-state index in [1.54, 1.807) is 57.9 Å². The predicted molar refractivity (Wildman–Crippen MR) is 260 cm³/mol. The summed E-state index contributed by atoms with van der Waals surface area (Å²) in [4.78, 5) is 68.5. The molecule has 0 bridgehead atoms. The molecule has 1 unspecified atom stereocenters. The van der Waals surface area contributed by atoms with Crippen molar-refractivity contribution in [2.24, 2.45) is 0 Å². The van der Waals surface area contributed by atoms with Crippen LogP contribution in [0.5, 0.6) is 0 Å². The van der Waals surface area contributed by atoms with Crippen molar-refractivity contribution >= 4 is 57.7 Å². The van der Waals surface area contributed by atoms with Gasteiger partial charge >= 0.3 is 0 Å². The maximum absolute atomic E-state index is 13.3. The van der Waals surface area contributed by atoms with Crippen LogP contribution in [0.15, 0.2) is 73.6 Å². The summed E-state index contributed by atoms with van der Waals surface area (Å²) in [6.45, 7) is 9.58. The summed E-state index contributed by atoms with van der Waals surface area (Å²) >= 11 is 0. The van der Waals surface area contributed by atoms with Gasteiger partial charge in [-0.05, 0) is 86.1 Å². The molecule has 2 aromatic carbocycles. The lowest BCUT2D eigenvalue weighted by Gasteiger charge is -2.31. The van der Waals surface area contributed by atoms with Crippen LogP contribution < -0.4 is 20.4 Å². The Morgan fingerprint density at radius 3 is 1.64 bits per heavy atom. The third kappa shape index (κ3) is 10.2. The first kappa shape index (κ1) is 46.7. The van der Waals surface area contributed by atoms with Gasteiger partial charge in [-0.25, -0.2) is 19.0 Å². The van der Waals surface area contributed by atoms with Crippen molar-refractivity contribution in [1.29, 1.82) is 0 Å². The molecule has 0 radical (unpaired) electrons. The third-order valence-electron chi connectivity index (χ3n) is 13.3. The van der Waals surface area contributed by atoms with Crippen molar-refractivity contribution in [2.45, 2.75) is 57.7 Å². The minimum absolute atomic E-state index is 0.000727. The average molecular weight is 955 g/mol. The van der Waals surface area contributed by atoms with E-state index >= 15 is 0 Å². The van der Waals surface area contributed by atoms with E-state index in [1.165, 1.54) is 31.7 Å². The molecule has 4 saturated heterocycles. The Morgan fingerprint density at radius 2 is 1.14 bits per heavy atom.